The second kappa shape index (κ2) is 8.08. The lowest BCUT2D eigenvalue weighted by Gasteiger charge is -2.14. The van der Waals surface area contributed by atoms with E-state index in [9.17, 15) is 4.79 Å². The molecule has 0 aliphatic rings. The summed E-state index contributed by atoms with van der Waals surface area (Å²) in [6.07, 6.45) is 0.941. The van der Waals surface area contributed by atoms with Crippen LogP contribution in [0.15, 0.2) is 42.5 Å². The Morgan fingerprint density at radius 2 is 1.96 bits per heavy atom. The zero-order valence-electron chi connectivity index (χ0n) is 13.3. The number of carboxylic acids is 1. The average Bonchev–Trinajstić information content (AvgIpc) is 2.58. The molecule has 2 aromatic rings. The first-order valence-electron chi connectivity index (χ1n) is 7.51. The molecule has 0 aliphatic heterocycles. The van der Waals surface area contributed by atoms with Crippen molar-refractivity contribution in [1.29, 1.82) is 0 Å². The zero-order valence-corrected chi connectivity index (χ0v) is 13.3. The predicted molar refractivity (Wildman–Crippen MR) is 89.5 cm³/mol. The first-order valence-corrected chi connectivity index (χ1v) is 7.51. The predicted octanol–water partition coefficient (Wildman–Crippen LogP) is 3.79. The molecule has 2 aromatic carbocycles. The summed E-state index contributed by atoms with van der Waals surface area (Å²) < 4.78 is 11.0. The third-order valence-electron chi connectivity index (χ3n) is 3.35. The van der Waals surface area contributed by atoms with E-state index in [1.165, 1.54) is 6.07 Å². The quantitative estimate of drug-likeness (QED) is 0.775. The number of aromatic carboxylic acids is 1. The Kier molecular flexibility index (Phi) is 5.86. The Hall–Kier alpha value is -2.69. The fourth-order valence-electron chi connectivity index (χ4n) is 2.17. The number of anilines is 1. The molecule has 122 valence electrons. The molecule has 5 nitrogen and oxygen atoms in total. The minimum Gasteiger partial charge on any atom is -0.495 e. The summed E-state index contributed by atoms with van der Waals surface area (Å²) in [4.78, 5) is 11.1. The van der Waals surface area contributed by atoms with E-state index in [2.05, 4.69) is 12.2 Å². The normalized spacial score (nSPS) is 10.2. The van der Waals surface area contributed by atoms with Crippen LogP contribution < -0.4 is 14.8 Å². The van der Waals surface area contributed by atoms with Gasteiger partial charge in [-0.2, -0.15) is 0 Å². The van der Waals surface area contributed by atoms with Crippen LogP contribution in [0.25, 0.3) is 0 Å². The van der Waals surface area contributed by atoms with E-state index in [1.54, 1.807) is 19.2 Å². The van der Waals surface area contributed by atoms with Crippen LogP contribution in [-0.4, -0.2) is 24.8 Å². The molecular formula is C18H21NO4. The van der Waals surface area contributed by atoms with Gasteiger partial charge in [-0.25, -0.2) is 4.79 Å². The molecule has 0 amide bonds. The lowest BCUT2D eigenvalue weighted by molar-refractivity contribution is 0.0697. The van der Waals surface area contributed by atoms with Crippen molar-refractivity contribution < 1.29 is 19.4 Å². The molecule has 0 fully saturated rings. The molecular weight excluding hydrogens is 294 g/mol. The topological polar surface area (TPSA) is 67.8 Å². The van der Waals surface area contributed by atoms with Crippen molar-refractivity contribution in [1.82, 2.24) is 0 Å². The standard InChI is InChI=1S/C18H21NO4/c1-3-10-23-16-7-5-4-6-14(16)12-19-15-11-13(18(20)21)8-9-17(15)22-2/h4-9,11,19H,3,10,12H2,1-2H3,(H,20,21). The number of benzene rings is 2. The highest BCUT2D eigenvalue weighted by Gasteiger charge is 2.10. The lowest BCUT2D eigenvalue weighted by atomic mass is 10.1. The van der Waals surface area contributed by atoms with Crippen molar-refractivity contribution in [2.75, 3.05) is 19.0 Å². The molecule has 0 unspecified atom stereocenters. The number of para-hydroxylation sites is 1. The molecule has 2 N–H and O–H groups in total. The van der Waals surface area contributed by atoms with Gasteiger partial charge in [-0.1, -0.05) is 25.1 Å². The molecule has 2 rings (SSSR count). The van der Waals surface area contributed by atoms with Crippen molar-refractivity contribution in [2.24, 2.45) is 0 Å². The first kappa shape index (κ1) is 16.7. The van der Waals surface area contributed by atoms with E-state index in [0.29, 0.717) is 24.6 Å². The van der Waals surface area contributed by atoms with E-state index in [0.717, 1.165) is 17.7 Å². The zero-order chi connectivity index (χ0) is 16.7. The minimum atomic E-state index is -0.970. The van der Waals surface area contributed by atoms with Crippen LogP contribution >= 0.6 is 0 Å². The smallest absolute Gasteiger partial charge is 0.335 e. The molecule has 0 spiro atoms. The second-order valence-corrected chi connectivity index (χ2v) is 5.03. The molecule has 0 saturated heterocycles. The number of hydrogen-bond acceptors (Lipinski definition) is 4. The van der Waals surface area contributed by atoms with Gasteiger partial charge in [-0.05, 0) is 30.7 Å². The first-order chi connectivity index (χ1) is 11.2. The Labute approximate surface area is 135 Å². The number of carbonyl (C=O) groups is 1. The summed E-state index contributed by atoms with van der Waals surface area (Å²) in [7, 11) is 1.55. The number of hydrogen-bond donors (Lipinski definition) is 2. The van der Waals surface area contributed by atoms with Crippen LogP contribution in [0.4, 0.5) is 5.69 Å². The van der Waals surface area contributed by atoms with Crippen LogP contribution in [0.5, 0.6) is 11.5 Å². The summed E-state index contributed by atoms with van der Waals surface area (Å²) >= 11 is 0. The van der Waals surface area contributed by atoms with Crippen molar-refractivity contribution in [3.8, 4) is 11.5 Å². The van der Waals surface area contributed by atoms with Crippen LogP contribution in [0.1, 0.15) is 29.3 Å². The molecule has 0 aliphatic carbocycles. The van der Waals surface area contributed by atoms with Gasteiger partial charge in [-0.3, -0.25) is 0 Å². The Morgan fingerprint density at radius 3 is 2.65 bits per heavy atom. The molecule has 0 saturated carbocycles. The summed E-state index contributed by atoms with van der Waals surface area (Å²) in [5.41, 5.74) is 1.85. The molecule has 23 heavy (non-hydrogen) atoms. The van der Waals surface area contributed by atoms with Gasteiger partial charge in [-0.15, -0.1) is 0 Å². The van der Waals surface area contributed by atoms with Crippen LogP contribution in [0.3, 0.4) is 0 Å². The van der Waals surface area contributed by atoms with Crippen molar-refractivity contribution in [2.45, 2.75) is 19.9 Å². The number of rotatable bonds is 8. The third kappa shape index (κ3) is 4.39. The maximum atomic E-state index is 11.1. The summed E-state index contributed by atoms with van der Waals surface area (Å²) in [5.74, 6) is 0.458. The molecule has 0 radical (unpaired) electrons. The van der Waals surface area contributed by atoms with Crippen LogP contribution in [0, 0.1) is 0 Å². The van der Waals surface area contributed by atoms with Crippen molar-refractivity contribution in [3.63, 3.8) is 0 Å². The molecule has 0 atom stereocenters. The number of ether oxygens (including phenoxy) is 2. The van der Waals surface area contributed by atoms with E-state index in [-0.39, 0.29) is 5.56 Å². The van der Waals surface area contributed by atoms with Gasteiger partial charge < -0.3 is 19.9 Å². The highest BCUT2D eigenvalue weighted by Crippen LogP contribution is 2.27. The second-order valence-electron chi connectivity index (χ2n) is 5.03. The molecule has 0 heterocycles. The van der Waals surface area contributed by atoms with E-state index in [4.69, 9.17) is 14.6 Å². The fourth-order valence-corrected chi connectivity index (χ4v) is 2.17. The van der Waals surface area contributed by atoms with Crippen molar-refractivity contribution >= 4 is 11.7 Å². The van der Waals surface area contributed by atoms with E-state index >= 15 is 0 Å². The van der Waals surface area contributed by atoms with E-state index < -0.39 is 5.97 Å². The fraction of sp³-hybridized carbons (Fsp3) is 0.278. The van der Waals surface area contributed by atoms with Crippen LogP contribution in [-0.2, 0) is 6.54 Å². The van der Waals surface area contributed by atoms with Gasteiger partial charge in [0.2, 0.25) is 0 Å². The summed E-state index contributed by atoms with van der Waals surface area (Å²) in [6.45, 7) is 3.23. The van der Waals surface area contributed by atoms with Crippen molar-refractivity contribution in [3.05, 3.63) is 53.6 Å². The van der Waals surface area contributed by atoms with E-state index in [1.807, 2.05) is 24.3 Å². The maximum Gasteiger partial charge on any atom is 0.335 e. The van der Waals surface area contributed by atoms with Gasteiger partial charge in [0.25, 0.3) is 0 Å². The third-order valence-corrected chi connectivity index (χ3v) is 3.35. The minimum absolute atomic E-state index is 0.212. The summed E-state index contributed by atoms with van der Waals surface area (Å²) in [6, 6.07) is 12.5. The number of methoxy groups -OCH3 is 1. The van der Waals surface area contributed by atoms with Gasteiger partial charge in [0.05, 0.1) is 25.0 Å². The maximum absolute atomic E-state index is 11.1. The average molecular weight is 315 g/mol. The van der Waals surface area contributed by atoms with Gasteiger partial charge in [0, 0.05) is 12.1 Å². The van der Waals surface area contributed by atoms with Gasteiger partial charge in [0.15, 0.2) is 0 Å². The van der Waals surface area contributed by atoms with Gasteiger partial charge >= 0.3 is 5.97 Å². The van der Waals surface area contributed by atoms with Crippen LogP contribution in [0.2, 0.25) is 0 Å². The Balaban J connectivity index is 2.17. The number of carboxylic acid groups (broad SMARTS) is 1. The molecule has 0 aromatic heterocycles. The lowest BCUT2D eigenvalue weighted by Crippen LogP contribution is -2.06. The SMILES string of the molecule is CCCOc1ccccc1CNc1cc(C(=O)O)ccc1OC. The van der Waals surface area contributed by atoms with Gasteiger partial charge in [0.1, 0.15) is 11.5 Å². The summed E-state index contributed by atoms with van der Waals surface area (Å²) in [5, 5.41) is 12.3. The monoisotopic (exact) mass is 315 g/mol. The number of nitrogens with one attached hydrogen (secondary N) is 1. The molecule has 5 heteroatoms. The molecule has 0 bridgehead atoms. The highest BCUT2D eigenvalue weighted by atomic mass is 16.5. The Morgan fingerprint density at radius 1 is 1.17 bits per heavy atom. The highest BCUT2D eigenvalue weighted by molar-refractivity contribution is 5.89. The largest absolute Gasteiger partial charge is 0.495 e. The Bertz CT molecular complexity index is 670.